The number of benzene rings is 2. The Labute approximate surface area is 258 Å². The third-order valence-electron chi connectivity index (χ3n) is 6.33. The standard InChI is InChI=1S/C32H43NO11/c1-7-12-20(3)38-30(35)43-27-17-16-24(19-28(27)44-31(36)39-21(4)13-8-2)18-26(33)29(34)40-22(5)23(6)41-32(37)42-25-14-10-9-11-15-25/h9-11,14-17,19-23,26H,7-8,12-13,18,33H2,1-6H3/t20?,21?,22-,23-,26-/m0/s1. The molecule has 0 aliphatic rings. The second-order valence-corrected chi connectivity index (χ2v) is 10.4. The molecule has 0 aliphatic carbocycles. The zero-order valence-electron chi connectivity index (χ0n) is 26.1. The summed E-state index contributed by atoms with van der Waals surface area (Å²) >= 11 is 0. The zero-order chi connectivity index (χ0) is 32.6. The molecule has 12 heteroatoms. The fourth-order valence-electron chi connectivity index (χ4n) is 3.89. The van der Waals surface area contributed by atoms with Crippen molar-refractivity contribution in [2.24, 2.45) is 5.73 Å². The first-order valence-electron chi connectivity index (χ1n) is 14.7. The molecule has 0 saturated carbocycles. The average molecular weight is 618 g/mol. The maximum Gasteiger partial charge on any atom is 0.514 e. The van der Waals surface area contributed by atoms with Crippen molar-refractivity contribution in [2.75, 3.05) is 0 Å². The van der Waals surface area contributed by atoms with E-state index in [0.717, 1.165) is 12.8 Å². The molecule has 0 aromatic heterocycles. The molecule has 2 aromatic carbocycles. The van der Waals surface area contributed by atoms with E-state index in [4.69, 9.17) is 38.9 Å². The molecule has 2 unspecified atom stereocenters. The Hall–Kier alpha value is -4.32. The molecule has 242 valence electrons. The van der Waals surface area contributed by atoms with Crippen molar-refractivity contribution < 1.29 is 52.3 Å². The first kappa shape index (κ1) is 35.9. The summed E-state index contributed by atoms with van der Waals surface area (Å²) in [6.45, 7) is 10.5. The van der Waals surface area contributed by atoms with E-state index in [1.807, 2.05) is 13.8 Å². The molecular weight excluding hydrogens is 574 g/mol. The molecule has 0 spiro atoms. The highest BCUT2D eigenvalue weighted by Gasteiger charge is 2.26. The Morgan fingerprint density at radius 2 is 1.18 bits per heavy atom. The van der Waals surface area contributed by atoms with Crippen LogP contribution < -0.4 is 19.9 Å². The highest BCUT2D eigenvalue weighted by molar-refractivity contribution is 5.76. The summed E-state index contributed by atoms with van der Waals surface area (Å²) in [5.41, 5.74) is 6.58. The van der Waals surface area contributed by atoms with Crippen LogP contribution in [0, 0.1) is 0 Å². The number of para-hydroxylation sites is 1. The van der Waals surface area contributed by atoms with E-state index >= 15 is 0 Å². The summed E-state index contributed by atoms with van der Waals surface area (Å²) in [6, 6.07) is 11.6. The summed E-state index contributed by atoms with van der Waals surface area (Å²) in [6.07, 6.45) is -2.46. The van der Waals surface area contributed by atoms with Crippen molar-refractivity contribution in [1.29, 1.82) is 0 Å². The van der Waals surface area contributed by atoms with Crippen LogP contribution in [0.5, 0.6) is 17.2 Å². The van der Waals surface area contributed by atoms with E-state index < -0.39 is 48.8 Å². The molecule has 5 atom stereocenters. The quantitative estimate of drug-likeness (QED) is 0.131. The van der Waals surface area contributed by atoms with E-state index in [9.17, 15) is 19.2 Å². The highest BCUT2D eigenvalue weighted by Crippen LogP contribution is 2.30. The average Bonchev–Trinajstić information content (AvgIpc) is 2.94. The third-order valence-corrected chi connectivity index (χ3v) is 6.33. The van der Waals surface area contributed by atoms with Crippen molar-refractivity contribution in [3.63, 3.8) is 0 Å². The van der Waals surface area contributed by atoms with E-state index in [2.05, 4.69) is 0 Å². The maximum absolute atomic E-state index is 12.7. The van der Waals surface area contributed by atoms with E-state index in [0.29, 0.717) is 24.2 Å². The van der Waals surface area contributed by atoms with Gasteiger partial charge < -0.3 is 38.9 Å². The predicted octanol–water partition coefficient (Wildman–Crippen LogP) is 6.50. The molecule has 0 heterocycles. The third kappa shape index (κ3) is 12.9. The number of ether oxygens (including phenoxy) is 7. The normalized spacial score (nSPS) is 14.2. The first-order chi connectivity index (χ1) is 20.9. The van der Waals surface area contributed by atoms with Gasteiger partial charge in [-0.05, 0) is 76.8 Å². The van der Waals surface area contributed by atoms with Crippen molar-refractivity contribution in [1.82, 2.24) is 0 Å². The van der Waals surface area contributed by atoms with Gasteiger partial charge in [-0.1, -0.05) is 51.0 Å². The number of esters is 1. The number of carbonyl (C=O) groups is 4. The van der Waals surface area contributed by atoms with Gasteiger partial charge in [-0.15, -0.1) is 0 Å². The highest BCUT2D eigenvalue weighted by atomic mass is 16.8. The molecule has 2 rings (SSSR count). The van der Waals surface area contributed by atoms with E-state index in [-0.39, 0.29) is 24.0 Å². The number of hydrogen-bond donors (Lipinski definition) is 1. The minimum Gasteiger partial charge on any atom is -0.458 e. The number of rotatable bonds is 15. The smallest absolute Gasteiger partial charge is 0.458 e. The molecule has 0 amide bonds. The summed E-state index contributed by atoms with van der Waals surface area (Å²) in [5, 5.41) is 0. The Morgan fingerprint density at radius 3 is 1.75 bits per heavy atom. The molecule has 0 bridgehead atoms. The topological polar surface area (TPSA) is 159 Å². The number of carbonyl (C=O) groups excluding carboxylic acids is 4. The minimum absolute atomic E-state index is 0.0211. The Bertz CT molecular complexity index is 1220. The van der Waals surface area contributed by atoms with Crippen molar-refractivity contribution >= 4 is 24.4 Å². The Balaban J connectivity index is 2.05. The van der Waals surface area contributed by atoms with Crippen LogP contribution in [0.3, 0.4) is 0 Å². The van der Waals surface area contributed by atoms with Crippen molar-refractivity contribution in [3.05, 3.63) is 54.1 Å². The minimum atomic E-state index is -1.13. The Morgan fingerprint density at radius 1 is 0.659 bits per heavy atom. The molecule has 12 nitrogen and oxygen atoms in total. The van der Waals surface area contributed by atoms with Crippen LogP contribution in [0.25, 0.3) is 0 Å². The number of hydrogen-bond acceptors (Lipinski definition) is 12. The van der Waals surface area contributed by atoms with Crippen molar-refractivity contribution in [3.8, 4) is 17.2 Å². The summed E-state index contributed by atoms with van der Waals surface area (Å²) in [7, 11) is 0. The van der Waals surface area contributed by atoms with E-state index in [1.165, 1.54) is 12.1 Å². The lowest BCUT2D eigenvalue weighted by molar-refractivity contribution is -0.155. The van der Waals surface area contributed by atoms with Gasteiger partial charge in [-0.2, -0.15) is 0 Å². The largest absolute Gasteiger partial charge is 0.514 e. The van der Waals surface area contributed by atoms with Gasteiger partial charge in [0.1, 0.15) is 36.2 Å². The monoisotopic (exact) mass is 617 g/mol. The van der Waals surface area contributed by atoms with Crippen LogP contribution in [0.1, 0.15) is 72.8 Å². The second-order valence-electron chi connectivity index (χ2n) is 10.4. The molecule has 44 heavy (non-hydrogen) atoms. The fraction of sp³-hybridized carbons (Fsp3) is 0.500. The second kappa shape index (κ2) is 18.4. The summed E-state index contributed by atoms with van der Waals surface area (Å²) < 4.78 is 36.9. The molecule has 2 aromatic rings. The number of nitrogens with two attached hydrogens (primary N) is 1. The van der Waals surface area contributed by atoms with Crippen LogP contribution >= 0.6 is 0 Å². The molecular formula is C32H43NO11. The van der Waals surface area contributed by atoms with Gasteiger partial charge in [0.25, 0.3) is 0 Å². The van der Waals surface area contributed by atoms with E-state index in [1.54, 1.807) is 64.1 Å². The molecule has 0 saturated heterocycles. The lowest BCUT2D eigenvalue weighted by Crippen LogP contribution is -2.39. The first-order valence-corrected chi connectivity index (χ1v) is 14.7. The van der Waals surface area contributed by atoms with Crippen molar-refractivity contribution in [2.45, 2.75) is 104 Å². The fourth-order valence-corrected chi connectivity index (χ4v) is 3.89. The molecule has 0 fully saturated rings. The van der Waals surface area contributed by atoms with Crippen LogP contribution in [-0.2, 0) is 30.2 Å². The Kier molecular flexibility index (Phi) is 15.0. The van der Waals surface area contributed by atoms with Crippen LogP contribution in [0.15, 0.2) is 48.5 Å². The molecule has 2 N–H and O–H groups in total. The molecule has 0 radical (unpaired) electrons. The zero-order valence-corrected chi connectivity index (χ0v) is 26.1. The SMILES string of the molecule is CCCC(C)OC(=O)Oc1ccc(C[C@H](N)C(=O)O[C@@H](C)[C@H](C)OC(=O)Oc2ccccc2)cc1OC(=O)OC(C)CCC. The lowest BCUT2D eigenvalue weighted by atomic mass is 10.1. The van der Waals surface area contributed by atoms with Gasteiger partial charge in [0.2, 0.25) is 0 Å². The van der Waals surface area contributed by atoms with Crippen LogP contribution in [0.2, 0.25) is 0 Å². The van der Waals surface area contributed by atoms with Gasteiger partial charge in [0.15, 0.2) is 11.5 Å². The van der Waals surface area contributed by atoms with Crippen LogP contribution in [0.4, 0.5) is 14.4 Å². The maximum atomic E-state index is 12.7. The van der Waals surface area contributed by atoms with Gasteiger partial charge in [-0.25, -0.2) is 14.4 Å². The molecule has 0 aliphatic heterocycles. The van der Waals surface area contributed by atoms with Gasteiger partial charge in [0.05, 0.1) is 0 Å². The lowest BCUT2D eigenvalue weighted by Gasteiger charge is -2.22. The van der Waals surface area contributed by atoms with Gasteiger partial charge in [-0.3, -0.25) is 4.79 Å². The predicted molar refractivity (Wildman–Crippen MR) is 160 cm³/mol. The van der Waals surface area contributed by atoms with Gasteiger partial charge >= 0.3 is 24.4 Å². The summed E-state index contributed by atoms with van der Waals surface area (Å²) in [4.78, 5) is 49.6. The summed E-state index contributed by atoms with van der Waals surface area (Å²) in [5.74, 6) is -0.652. The van der Waals surface area contributed by atoms with Gasteiger partial charge in [0, 0.05) is 0 Å². The van der Waals surface area contributed by atoms with Crippen LogP contribution in [-0.4, -0.2) is 54.9 Å².